The Morgan fingerprint density at radius 3 is 3.05 bits per heavy atom. The van der Waals surface area contributed by atoms with Crippen molar-refractivity contribution in [3.05, 3.63) is 11.7 Å². The molecule has 2 unspecified atom stereocenters. The van der Waals surface area contributed by atoms with Crippen molar-refractivity contribution in [2.24, 2.45) is 0 Å². The van der Waals surface area contributed by atoms with Crippen molar-refractivity contribution in [1.82, 2.24) is 15.5 Å². The van der Waals surface area contributed by atoms with E-state index in [4.69, 9.17) is 9.26 Å². The maximum absolute atomic E-state index is 5.63. The second-order valence-corrected chi connectivity index (χ2v) is 5.77. The molecule has 0 aliphatic carbocycles. The Labute approximate surface area is 114 Å². The van der Waals surface area contributed by atoms with Crippen molar-refractivity contribution < 1.29 is 9.26 Å². The number of hydrogen-bond acceptors (Lipinski definition) is 5. The van der Waals surface area contributed by atoms with Crippen LogP contribution in [-0.2, 0) is 10.2 Å². The van der Waals surface area contributed by atoms with Crippen LogP contribution in [-0.4, -0.2) is 29.8 Å². The van der Waals surface area contributed by atoms with Crippen LogP contribution >= 0.6 is 0 Å². The molecular weight excluding hydrogens is 242 g/mol. The summed E-state index contributed by atoms with van der Waals surface area (Å²) < 4.78 is 11.2. The molecule has 2 aliphatic heterocycles. The molecule has 2 aliphatic rings. The molecule has 0 aromatic carbocycles. The van der Waals surface area contributed by atoms with Crippen LogP contribution < -0.4 is 5.32 Å². The smallest absolute Gasteiger partial charge is 0.234 e. The molecule has 0 radical (unpaired) electrons. The van der Waals surface area contributed by atoms with E-state index in [0.29, 0.717) is 0 Å². The quantitative estimate of drug-likeness (QED) is 0.905. The Morgan fingerprint density at radius 2 is 2.37 bits per heavy atom. The SMILES string of the molecule is CCCC1(c2nc(C3CCCO3)no2)CCCNC1. The van der Waals surface area contributed by atoms with E-state index in [0.717, 1.165) is 63.5 Å². The molecule has 2 saturated heterocycles. The van der Waals surface area contributed by atoms with Crippen molar-refractivity contribution in [1.29, 1.82) is 0 Å². The minimum atomic E-state index is 0.0385. The van der Waals surface area contributed by atoms with Gasteiger partial charge in [-0.3, -0.25) is 0 Å². The van der Waals surface area contributed by atoms with Gasteiger partial charge in [0.05, 0.1) is 5.41 Å². The van der Waals surface area contributed by atoms with Crippen LogP contribution in [0, 0.1) is 0 Å². The zero-order valence-electron chi connectivity index (χ0n) is 11.7. The van der Waals surface area contributed by atoms with Gasteiger partial charge in [0.1, 0.15) is 6.10 Å². The van der Waals surface area contributed by atoms with Gasteiger partial charge in [0.15, 0.2) is 0 Å². The number of hydrogen-bond donors (Lipinski definition) is 1. The largest absolute Gasteiger partial charge is 0.370 e. The maximum Gasteiger partial charge on any atom is 0.234 e. The number of ether oxygens (including phenoxy) is 1. The van der Waals surface area contributed by atoms with E-state index in [1.165, 1.54) is 6.42 Å². The second-order valence-electron chi connectivity index (χ2n) is 5.77. The summed E-state index contributed by atoms with van der Waals surface area (Å²) in [6.45, 7) is 5.08. The van der Waals surface area contributed by atoms with Crippen LogP contribution in [0.3, 0.4) is 0 Å². The minimum absolute atomic E-state index is 0.0385. The maximum atomic E-state index is 5.63. The first-order valence-electron chi connectivity index (χ1n) is 7.50. The number of rotatable bonds is 4. The highest BCUT2D eigenvalue weighted by molar-refractivity contribution is 5.09. The molecular formula is C14H23N3O2. The van der Waals surface area contributed by atoms with E-state index in [1.54, 1.807) is 0 Å². The third-order valence-corrected chi connectivity index (χ3v) is 4.31. The summed E-state index contributed by atoms with van der Waals surface area (Å²) in [5.41, 5.74) is 0.0385. The lowest BCUT2D eigenvalue weighted by Crippen LogP contribution is -2.43. The topological polar surface area (TPSA) is 60.2 Å². The van der Waals surface area contributed by atoms with Crippen molar-refractivity contribution >= 4 is 0 Å². The molecule has 3 heterocycles. The number of aromatic nitrogens is 2. The van der Waals surface area contributed by atoms with Crippen molar-refractivity contribution in [2.45, 2.75) is 57.0 Å². The molecule has 0 spiro atoms. The molecule has 0 saturated carbocycles. The van der Waals surface area contributed by atoms with E-state index in [-0.39, 0.29) is 11.5 Å². The number of nitrogens with zero attached hydrogens (tertiary/aromatic N) is 2. The molecule has 2 atom stereocenters. The van der Waals surface area contributed by atoms with Crippen molar-refractivity contribution in [2.75, 3.05) is 19.7 Å². The fourth-order valence-electron chi connectivity index (χ4n) is 3.31. The van der Waals surface area contributed by atoms with Gasteiger partial charge in [-0.25, -0.2) is 0 Å². The predicted molar refractivity (Wildman–Crippen MR) is 70.9 cm³/mol. The number of piperidine rings is 1. The van der Waals surface area contributed by atoms with Crippen LogP contribution in [0.2, 0.25) is 0 Å². The molecule has 19 heavy (non-hydrogen) atoms. The van der Waals surface area contributed by atoms with Gasteiger partial charge in [0, 0.05) is 13.2 Å². The van der Waals surface area contributed by atoms with Gasteiger partial charge in [0.2, 0.25) is 11.7 Å². The van der Waals surface area contributed by atoms with E-state index in [9.17, 15) is 0 Å². The predicted octanol–water partition coefficient (Wildman–Crippen LogP) is 2.34. The van der Waals surface area contributed by atoms with Gasteiger partial charge in [-0.2, -0.15) is 4.98 Å². The normalized spacial score (nSPS) is 31.7. The fraction of sp³-hybridized carbons (Fsp3) is 0.857. The number of nitrogens with one attached hydrogen (secondary N) is 1. The van der Waals surface area contributed by atoms with E-state index >= 15 is 0 Å². The van der Waals surface area contributed by atoms with Crippen molar-refractivity contribution in [3.63, 3.8) is 0 Å². The summed E-state index contributed by atoms with van der Waals surface area (Å²) in [5, 5.41) is 7.64. The zero-order valence-corrected chi connectivity index (χ0v) is 11.7. The molecule has 1 N–H and O–H groups in total. The molecule has 0 amide bonds. The molecule has 106 valence electrons. The van der Waals surface area contributed by atoms with Crippen LogP contribution in [0.15, 0.2) is 4.52 Å². The first kappa shape index (κ1) is 13.1. The van der Waals surface area contributed by atoms with E-state index in [2.05, 4.69) is 22.4 Å². The highest BCUT2D eigenvalue weighted by Gasteiger charge is 2.39. The first-order valence-corrected chi connectivity index (χ1v) is 7.50. The Bertz CT molecular complexity index is 401. The van der Waals surface area contributed by atoms with Crippen molar-refractivity contribution in [3.8, 4) is 0 Å². The molecule has 5 nitrogen and oxygen atoms in total. The molecule has 0 bridgehead atoms. The zero-order chi connectivity index (χ0) is 13.1. The van der Waals surface area contributed by atoms with Gasteiger partial charge in [-0.1, -0.05) is 18.5 Å². The average Bonchev–Trinajstić information content (AvgIpc) is 3.11. The standard InChI is InChI=1S/C14H23N3O2/c1-2-6-14(7-4-8-15-10-14)13-16-12(17-19-13)11-5-3-9-18-11/h11,15H,2-10H2,1H3. The van der Waals surface area contributed by atoms with E-state index < -0.39 is 0 Å². The summed E-state index contributed by atoms with van der Waals surface area (Å²) in [6.07, 6.45) is 6.71. The summed E-state index contributed by atoms with van der Waals surface area (Å²) in [6, 6.07) is 0. The second kappa shape index (κ2) is 5.59. The lowest BCUT2D eigenvalue weighted by molar-refractivity contribution is 0.103. The highest BCUT2D eigenvalue weighted by atomic mass is 16.5. The Kier molecular flexibility index (Phi) is 3.84. The lowest BCUT2D eigenvalue weighted by Gasteiger charge is -2.34. The van der Waals surface area contributed by atoms with Crippen LogP contribution in [0.25, 0.3) is 0 Å². The van der Waals surface area contributed by atoms with Crippen LogP contribution in [0.4, 0.5) is 0 Å². The molecule has 1 aromatic rings. The Balaban J connectivity index is 1.81. The van der Waals surface area contributed by atoms with Gasteiger partial charge in [-0.15, -0.1) is 0 Å². The Hall–Kier alpha value is -0.940. The van der Waals surface area contributed by atoms with Gasteiger partial charge < -0.3 is 14.6 Å². The summed E-state index contributed by atoms with van der Waals surface area (Å²) in [4.78, 5) is 4.66. The van der Waals surface area contributed by atoms with Gasteiger partial charge >= 0.3 is 0 Å². The Morgan fingerprint density at radius 1 is 1.42 bits per heavy atom. The monoisotopic (exact) mass is 265 g/mol. The molecule has 2 fully saturated rings. The lowest BCUT2D eigenvalue weighted by atomic mass is 9.77. The third-order valence-electron chi connectivity index (χ3n) is 4.31. The van der Waals surface area contributed by atoms with Crippen LogP contribution in [0.5, 0.6) is 0 Å². The third kappa shape index (κ3) is 2.54. The van der Waals surface area contributed by atoms with Gasteiger partial charge in [0.25, 0.3) is 0 Å². The first-order chi connectivity index (χ1) is 9.34. The minimum Gasteiger partial charge on any atom is -0.370 e. The van der Waals surface area contributed by atoms with E-state index in [1.807, 2.05) is 0 Å². The molecule has 1 aromatic heterocycles. The summed E-state index contributed by atoms with van der Waals surface area (Å²) in [5.74, 6) is 1.56. The summed E-state index contributed by atoms with van der Waals surface area (Å²) in [7, 11) is 0. The highest BCUT2D eigenvalue weighted by Crippen LogP contribution is 2.36. The van der Waals surface area contributed by atoms with Gasteiger partial charge in [-0.05, 0) is 38.6 Å². The molecule has 5 heteroatoms. The summed E-state index contributed by atoms with van der Waals surface area (Å²) >= 11 is 0. The fourth-order valence-corrected chi connectivity index (χ4v) is 3.31. The molecule has 3 rings (SSSR count). The average molecular weight is 265 g/mol. The van der Waals surface area contributed by atoms with Crippen LogP contribution in [0.1, 0.15) is 63.3 Å².